The third kappa shape index (κ3) is 4.02. The fourth-order valence-corrected chi connectivity index (χ4v) is 1.73. The Balaban J connectivity index is 2.68. The summed E-state index contributed by atoms with van der Waals surface area (Å²) in [6.45, 7) is 8.77. The molecule has 1 rings (SSSR count). The molecule has 0 saturated heterocycles. The average Bonchev–Trinajstić information content (AvgIpc) is 2.12. The van der Waals surface area contributed by atoms with E-state index >= 15 is 0 Å². The number of nitrogens with one attached hydrogen (secondary N) is 1. The smallest absolute Gasteiger partial charge is 0.0636 e. The monoisotopic (exact) mass is 207 g/mol. The fourth-order valence-electron chi connectivity index (χ4n) is 1.73. The van der Waals surface area contributed by atoms with Crippen LogP contribution in [0, 0.1) is 13.8 Å². The third-order valence-electron chi connectivity index (χ3n) is 2.46. The lowest BCUT2D eigenvalue weighted by Gasteiger charge is -2.16. The largest absolute Gasteiger partial charge is 0.392 e. The summed E-state index contributed by atoms with van der Waals surface area (Å²) in [4.78, 5) is 0. The van der Waals surface area contributed by atoms with Gasteiger partial charge in [-0.1, -0.05) is 29.3 Å². The molecule has 1 aromatic rings. The lowest BCUT2D eigenvalue weighted by Crippen LogP contribution is -2.27. The van der Waals surface area contributed by atoms with Crippen molar-refractivity contribution in [3.63, 3.8) is 0 Å². The Morgan fingerprint density at radius 1 is 1.13 bits per heavy atom. The van der Waals surface area contributed by atoms with E-state index in [1.54, 1.807) is 6.92 Å². The number of rotatable bonds is 4. The van der Waals surface area contributed by atoms with Crippen molar-refractivity contribution in [1.82, 2.24) is 5.32 Å². The fraction of sp³-hybridized carbons (Fsp3) is 0.538. The van der Waals surface area contributed by atoms with Gasteiger partial charge in [-0.15, -0.1) is 0 Å². The summed E-state index contributed by atoms with van der Waals surface area (Å²) in [5.74, 6) is 0. The van der Waals surface area contributed by atoms with Gasteiger partial charge in [0.1, 0.15) is 0 Å². The predicted molar refractivity (Wildman–Crippen MR) is 64.0 cm³/mol. The summed E-state index contributed by atoms with van der Waals surface area (Å²) in [6, 6.07) is 6.84. The van der Waals surface area contributed by atoms with Crippen LogP contribution < -0.4 is 5.32 Å². The van der Waals surface area contributed by atoms with Crippen molar-refractivity contribution in [2.75, 3.05) is 6.54 Å². The van der Waals surface area contributed by atoms with Crippen LogP contribution in [0.1, 0.15) is 36.6 Å². The van der Waals surface area contributed by atoms with Crippen molar-refractivity contribution in [2.24, 2.45) is 0 Å². The van der Waals surface area contributed by atoms with E-state index in [4.69, 9.17) is 0 Å². The zero-order valence-electron chi connectivity index (χ0n) is 10.0. The van der Waals surface area contributed by atoms with Gasteiger partial charge in [-0.3, -0.25) is 0 Å². The van der Waals surface area contributed by atoms with Crippen LogP contribution in [0.25, 0.3) is 0 Å². The highest BCUT2D eigenvalue weighted by Gasteiger charge is 2.06. The van der Waals surface area contributed by atoms with Gasteiger partial charge in [0.2, 0.25) is 0 Å². The molecular formula is C13H21NO. The number of hydrogen-bond donors (Lipinski definition) is 2. The zero-order chi connectivity index (χ0) is 11.4. The van der Waals surface area contributed by atoms with Crippen LogP contribution in [0.4, 0.5) is 0 Å². The van der Waals surface area contributed by atoms with E-state index in [1.165, 1.54) is 16.7 Å². The van der Waals surface area contributed by atoms with Crippen molar-refractivity contribution < 1.29 is 5.11 Å². The maximum atomic E-state index is 9.19. The molecular weight excluding hydrogens is 186 g/mol. The number of hydrogen-bond acceptors (Lipinski definition) is 2. The summed E-state index contributed by atoms with van der Waals surface area (Å²) in [6.07, 6.45) is -0.293. The minimum Gasteiger partial charge on any atom is -0.392 e. The first-order valence-electron chi connectivity index (χ1n) is 5.48. The molecule has 2 N–H and O–H groups in total. The van der Waals surface area contributed by atoms with Gasteiger partial charge in [0.05, 0.1) is 6.10 Å². The van der Waals surface area contributed by atoms with Crippen molar-refractivity contribution in [1.29, 1.82) is 0 Å². The highest BCUT2D eigenvalue weighted by atomic mass is 16.3. The Kier molecular flexibility index (Phi) is 4.30. The van der Waals surface area contributed by atoms with E-state index in [9.17, 15) is 5.11 Å². The molecule has 0 aliphatic rings. The Labute approximate surface area is 92.3 Å². The van der Waals surface area contributed by atoms with Crippen LogP contribution in [0.15, 0.2) is 18.2 Å². The highest BCUT2D eigenvalue weighted by molar-refractivity contribution is 5.30. The van der Waals surface area contributed by atoms with Crippen LogP contribution in [-0.2, 0) is 0 Å². The van der Waals surface area contributed by atoms with Crippen LogP contribution in [0.3, 0.4) is 0 Å². The van der Waals surface area contributed by atoms with Gasteiger partial charge in [0, 0.05) is 12.6 Å². The second kappa shape index (κ2) is 5.29. The first-order chi connectivity index (χ1) is 6.99. The lowest BCUT2D eigenvalue weighted by atomic mass is 10.0. The summed E-state index contributed by atoms with van der Waals surface area (Å²) in [7, 11) is 0. The number of aliphatic hydroxyl groups is 1. The Bertz CT molecular complexity index is 300. The maximum absolute atomic E-state index is 9.19. The van der Waals surface area contributed by atoms with Crippen molar-refractivity contribution >= 4 is 0 Å². The Morgan fingerprint density at radius 2 is 1.67 bits per heavy atom. The molecule has 0 radical (unpaired) electrons. The molecule has 2 nitrogen and oxygen atoms in total. The first-order valence-corrected chi connectivity index (χ1v) is 5.48. The maximum Gasteiger partial charge on any atom is 0.0636 e. The van der Waals surface area contributed by atoms with Crippen LogP contribution in [-0.4, -0.2) is 17.8 Å². The minimum absolute atomic E-state index is 0.290. The van der Waals surface area contributed by atoms with E-state index < -0.39 is 0 Å². The molecule has 0 aliphatic carbocycles. The van der Waals surface area contributed by atoms with Crippen molar-refractivity contribution in [2.45, 2.75) is 39.8 Å². The highest BCUT2D eigenvalue weighted by Crippen LogP contribution is 2.16. The molecule has 84 valence electrons. The second-order valence-corrected chi connectivity index (χ2v) is 4.40. The summed E-state index contributed by atoms with van der Waals surface area (Å²) in [5.41, 5.74) is 3.86. The first kappa shape index (κ1) is 12.2. The summed E-state index contributed by atoms with van der Waals surface area (Å²) < 4.78 is 0. The van der Waals surface area contributed by atoms with E-state index in [1.807, 2.05) is 0 Å². The van der Waals surface area contributed by atoms with Gasteiger partial charge < -0.3 is 10.4 Å². The normalized spacial score (nSPS) is 15.0. The Hall–Kier alpha value is -0.860. The molecule has 1 unspecified atom stereocenters. The lowest BCUT2D eigenvalue weighted by molar-refractivity contribution is 0.187. The van der Waals surface area contributed by atoms with Crippen molar-refractivity contribution in [3.05, 3.63) is 34.9 Å². The van der Waals surface area contributed by atoms with Gasteiger partial charge in [-0.05, 0) is 33.3 Å². The van der Waals surface area contributed by atoms with Gasteiger partial charge >= 0.3 is 0 Å². The Morgan fingerprint density at radius 3 is 2.13 bits per heavy atom. The number of benzene rings is 1. The van der Waals surface area contributed by atoms with Gasteiger partial charge in [-0.25, -0.2) is 0 Å². The third-order valence-corrected chi connectivity index (χ3v) is 2.46. The minimum atomic E-state index is -0.293. The van der Waals surface area contributed by atoms with Crippen molar-refractivity contribution in [3.8, 4) is 0 Å². The molecule has 0 saturated carbocycles. The molecule has 0 spiro atoms. The number of aryl methyl sites for hydroxylation is 2. The van der Waals surface area contributed by atoms with Crippen LogP contribution in [0.5, 0.6) is 0 Å². The molecule has 0 heterocycles. The number of aliphatic hydroxyl groups excluding tert-OH is 1. The topological polar surface area (TPSA) is 32.3 Å². The zero-order valence-corrected chi connectivity index (χ0v) is 10.0. The molecule has 2 heteroatoms. The molecule has 0 aliphatic heterocycles. The quantitative estimate of drug-likeness (QED) is 0.794. The summed E-state index contributed by atoms with van der Waals surface area (Å²) >= 11 is 0. The van der Waals surface area contributed by atoms with E-state index in [2.05, 4.69) is 44.3 Å². The SMILES string of the molecule is Cc1cc(C)cc(C(C)NC[C@@H](C)O)c1. The molecule has 0 aromatic heterocycles. The molecule has 0 bridgehead atoms. The standard InChI is InChI=1S/C13H21NO/c1-9-5-10(2)7-13(6-9)12(4)14-8-11(3)15/h5-7,11-12,14-15H,8H2,1-4H3/t11-,12?/m1/s1. The summed E-state index contributed by atoms with van der Waals surface area (Å²) in [5, 5.41) is 12.5. The molecule has 2 atom stereocenters. The molecule has 0 fully saturated rings. The van der Waals surface area contributed by atoms with E-state index in [0.29, 0.717) is 6.54 Å². The second-order valence-electron chi connectivity index (χ2n) is 4.40. The molecule has 1 aromatic carbocycles. The van der Waals surface area contributed by atoms with E-state index in [-0.39, 0.29) is 12.1 Å². The van der Waals surface area contributed by atoms with Crippen LogP contribution in [0.2, 0.25) is 0 Å². The van der Waals surface area contributed by atoms with E-state index in [0.717, 1.165) is 0 Å². The van der Waals surface area contributed by atoms with Gasteiger partial charge in [0.25, 0.3) is 0 Å². The van der Waals surface area contributed by atoms with Crippen LogP contribution >= 0.6 is 0 Å². The predicted octanol–water partition coefficient (Wildman–Crippen LogP) is 2.33. The molecule has 15 heavy (non-hydrogen) atoms. The average molecular weight is 207 g/mol. The van der Waals surface area contributed by atoms with Gasteiger partial charge in [0.15, 0.2) is 0 Å². The van der Waals surface area contributed by atoms with Gasteiger partial charge in [-0.2, -0.15) is 0 Å². The molecule has 0 amide bonds.